The van der Waals surface area contributed by atoms with E-state index in [4.69, 9.17) is 28.2 Å². The zero-order valence-electron chi connectivity index (χ0n) is 14.4. The van der Waals surface area contributed by atoms with Crippen LogP contribution in [0.2, 0.25) is 10.0 Å². The number of amides is 2. The van der Waals surface area contributed by atoms with Crippen molar-refractivity contribution in [3.05, 3.63) is 69.7 Å². The normalized spacial score (nSPS) is 18.4. The first-order valence-electron chi connectivity index (χ1n) is 8.69. The molecule has 1 fully saturated rings. The van der Waals surface area contributed by atoms with E-state index in [-0.39, 0.29) is 11.8 Å². The van der Waals surface area contributed by atoms with Crippen molar-refractivity contribution in [2.45, 2.75) is 18.5 Å². The highest BCUT2D eigenvalue weighted by atomic mass is 35.5. The van der Waals surface area contributed by atoms with Gasteiger partial charge in [0.15, 0.2) is 0 Å². The van der Waals surface area contributed by atoms with Gasteiger partial charge >= 0.3 is 0 Å². The van der Waals surface area contributed by atoms with E-state index in [2.05, 4.69) is 5.32 Å². The van der Waals surface area contributed by atoms with Crippen LogP contribution in [-0.4, -0.2) is 41.2 Å². The summed E-state index contributed by atoms with van der Waals surface area (Å²) in [5.74, 6) is -0.245. The molecule has 2 aromatic carbocycles. The summed E-state index contributed by atoms with van der Waals surface area (Å²) in [6, 6.07) is 14.0. The summed E-state index contributed by atoms with van der Waals surface area (Å²) in [4.78, 5) is 31.6. The van der Waals surface area contributed by atoms with Gasteiger partial charge in [0, 0.05) is 47.1 Å². The SMILES string of the molecule is O=C1NC2(CCN(C(=O)c3cccc(Cl)c3)CC2)N=C1c1ccc(Cl)cc1. The third kappa shape index (κ3) is 3.57. The summed E-state index contributed by atoms with van der Waals surface area (Å²) in [5.41, 5.74) is 1.09. The van der Waals surface area contributed by atoms with Gasteiger partial charge < -0.3 is 10.2 Å². The summed E-state index contributed by atoms with van der Waals surface area (Å²) in [7, 11) is 0. The molecular weight excluding hydrogens is 385 g/mol. The Morgan fingerprint density at radius 3 is 2.41 bits per heavy atom. The standard InChI is InChI=1S/C20H17Cl2N3O2/c21-15-6-4-13(5-7-15)17-18(26)24-20(23-17)8-10-25(11-9-20)19(27)14-2-1-3-16(22)12-14/h1-7,12H,8-11H2,(H,24,26). The monoisotopic (exact) mass is 401 g/mol. The van der Waals surface area contributed by atoms with Crippen LogP contribution in [0.1, 0.15) is 28.8 Å². The molecule has 0 bridgehead atoms. The minimum absolute atomic E-state index is 0.0569. The molecule has 1 saturated heterocycles. The lowest BCUT2D eigenvalue weighted by Crippen LogP contribution is -2.52. The third-order valence-corrected chi connectivity index (χ3v) is 5.44. The Balaban J connectivity index is 1.49. The number of halogens is 2. The predicted octanol–water partition coefficient (Wildman–Crippen LogP) is 3.54. The van der Waals surface area contributed by atoms with Gasteiger partial charge in [-0.2, -0.15) is 0 Å². The molecule has 138 valence electrons. The van der Waals surface area contributed by atoms with Gasteiger partial charge in [0.25, 0.3) is 11.8 Å². The van der Waals surface area contributed by atoms with Gasteiger partial charge in [-0.1, -0.05) is 41.4 Å². The van der Waals surface area contributed by atoms with Crippen LogP contribution in [0.15, 0.2) is 53.5 Å². The van der Waals surface area contributed by atoms with E-state index < -0.39 is 5.66 Å². The fourth-order valence-corrected chi connectivity index (χ4v) is 3.80. The smallest absolute Gasteiger partial charge is 0.272 e. The Bertz CT molecular complexity index is 932. The van der Waals surface area contributed by atoms with Crippen molar-refractivity contribution in [3.63, 3.8) is 0 Å². The second-order valence-electron chi connectivity index (χ2n) is 6.76. The average molecular weight is 402 g/mol. The van der Waals surface area contributed by atoms with E-state index in [9.17, 15) is 9.59 Å². The molecule has 2 aliphatic heterocycles. The molecule has 2 aliphatic rings. The highest BCUT2D eigenvalue weighted by Gasteiger charge is 2.42. The molecule has 0 saturated carbocycles. The van der Waals surface area contributed by atoms with Gasteiger partial charge in [0.05, 0.1) is 0 Å². The number of hydrogen-bond acceptors (Lipinski definition) is 3. The number of nitrogens with one attached hydrogen (secondary N) is 1. The van der Waals surface area contributed by atoms with Gasteiger partial charge in [-0.25, -0.2) is 0 Å². The summed E-state index contributed by atoms with van der Waals surface area (Å²) < 4.78 is 0. The average Bonchev–Trinajstić information content (AvgIpc) is 2.98. The molecule has 4 rings (SSSR count). The molecule has 7 heteroatoms. The second kappa shape index (κ2) is 6.98. The van der Waals surface area contributed by atoms with Gasteiger partial charge in [-0.3, -0.25) is 14.6 Å². The lowest BCUT2D eigenvalue weighted by Gasteiger charge is -2.37. The summed E-state index contributed by atoms with van der Waals surface area (Å²) in [6.45, 7) is 1.03. The fraction of sp³-hybridized carbons (Fsp3) is 0.250. The molecule has 0 radical (unpaired) electrons. The van der Waals surface area contributed by atoms with Crippen molar-refractivity contribution in [1.29, 1.82) is 0 Å². The maximum absolute atomic E-state index is 12.7. The molecule has 2 heterocycles. The number of hydrogen-bond donors (Lipinski definition) is 1. The highest BCUT2D eigenvalue weighted by Crippen LogP contribution is 2.30. The van der Waals surface area contributed by atoms with Crippen LogP contribution in [0, 0.1) is 0 Å². The Labute approximate surface area is 167 Å². The van der Waals surface area contributed by atoms with Crippen LogP contribution in [0.4, 0.5) is 0 Å². The molecule has 0 aliphatic carbocycles. The van der Waals surface area contributed by atoms with Crippen molar-refractivity contribution >= 4 is 40.7 Å². The Morgan fingerprint density at radius 2 is 1.74 bits per heavy atom. The molecule has 2 aromatic rings. The topological polar surface area (TPSA) is 61.8 Å². The van der Waals surface area contributed by atoms with E-state index in [0.717, 1.165) is 5.56 Å². The first kappa shape index (κ1) is 18.0. The van der Waals surface area contributed by atoms with Crippen LogP contribution < -0.4 is 5.32 Å². The van der Waals surface area contributed by atoms with E-state index in [1.807, 2.05) is 0 Å². The van der Waals surface area contributed by atoms with Crippen LogP contribution in [-0.2, 0) is 4.79 Å². The lowest BCUT2D eigenvalue weighted by molar-refractivity contribution is -0.115. The van der Waals surface area contributed by atoms with Crippen molar-refractivity contribution in [2.75, 3.05) is 13.1 Å². The molecule has 0 unspecified atom stereocenters. The number of aliphatic imine (C=N–C) groups is 1. The number of rotatable bonds is 2. The zero-order chi connectivity index (χ0) is 19.0. The number of carbonyl (C=O) groups is 2. The van der Waals surface area contributed by atoms with Gasteiger partial charge in [0.1, 0.15) is 11.4 Å². The Hall–Kier alpha value is -2.37. The minimum atomic E-state index is -0.642. The maximum atomic E-state index is 12.7. The summed E-state index contributed by atoms with van der Waals surface area (Å²) in [5, 5.41) is 4.15. The molecule has 0 atom stereocenters. The van der Waals surface area contributed by atoms with Gasteiger partial charge in [-0.15, -0.1) is 0 Å². The van der Waals surface area contributed by atoms with Crippen molar-refractivity contribution < 1.29 is 9.59 Å². The molecule has 27 heavy (non-hydrogen) atoms. The quantitative estimate of drug-likeness (QED) is 0.835. The highest BCUT2D eigenvalue weighted by molar-refractivity contribution is 6.47. The molecule has 2 amide bonds. The minimum Gasteiger partial charge on any atom is -0.338 e. The van der Waals surface area contributed by atoms with E-state index >= 15 is 0 Å². The Kier molecular flexibility index (Phi) is 4.66. The molecule has 1 spiro atoms. The fourth-order valence-electron chi connectivity index (χ4n) is 3.49. The van der Waals surface area contributed by atoms with Crippen molar-refractivity contribution in [1.82, 2.24) is 10.2 Å². The van der Waals surface area contributed by atoms with Crippen LogP contribution in [0.25, 0.3) is 0 Å². The molecule has 0 aromatic heterocycles. The number of piperidine rings is 1. The Morgan fingerprint density at radius 1 is 1.04 bits per heavy atom. The van der Waals surface area contributed by atoms with E-state index in [1.54, 1.807) is 53.4 Å². The van der Waals surface area contributed by atoms with Crippen LogP contribution >= 0.6 is 23.2 Å². The molecule has 5 nitrogen and oxygen atoms in total. The second-order valence-corrected chi connectivity index (χ2v) is 7.63. The summed E-state index contributed by atoms with van der Waals surface area (Å²) in [6.07, 6.45) is 1.14. The van der Waals surface area contributed by atoms with E-state index in [0.29, 0.717) is 47.3 Å². The maximum Gasteiger partial charge on any atom is 0.272 e. The zero-order valence-corrected chi connectivity index (χ0v) is 15.9. The van der Waals surface area contributed by atoms with Crippen molar-refractivity contribution in [2.24, 2.45) is 4.99 Å². The van der Waals surface area contributed by atoms with Gasteiger partial charge in [-0.05, 0) is 30.3 Å². The van der Waals surface area contributed by atoms with E-state index in [1.165, 1.54) is 0 Å². The third-order valence-electron chi connectivity index (χ3n) is 4.95. The first-order chi connectivity index (χ1) is 13.0. The van der Waals surface area contributed by atoms with Crippen molar-refractivity contribution in [3.8, 4) is 0 Å². The van der Waals surface area contributed by atoms with Crippen LogP contribution in [0.3, 0.4) is 0 Å². The van der Waals surface area contributed by atoms with Gasteiger partial charge in [0.2, 0.25) is 0 Å². The largest absolute Gasteiger partial charge is 0.338 e. The lowest BCUT2D eigenvalue weighted by atomic mass is 9.97. The number of carbonyl (C=O) groups excluding carboxylic acids is 2. The first-order valence-corrected chi connectivity index (χ1v) is 9.45. The summed E-state index contributed by atoms with van der Waals surface area (Å²) >= 11 is 11.9. The number of nitrogens with zero attached hydrogens (tertiary/aromatic N) is 2. The molecule has 1 N–H and O–H groups in total. The number of likely N-dealkylation sites (tertiary alicyclic amines) is 1. The number of benzene rings is 2. The predicted molar refractivity (Wildman–Crippen MR) is 105 cm³/mol. The van der Waals surface area contributed by atoms with Crippen LogP contribution in [0.5, 0.6) is 0 Å². The molecular formula is C20H17Cl2N3O2.